The van der Waals surface area contributed by atoms with Crippen molar-refractivity contribution in [2.45, 2.75) is 32.2 Å². The van der Waals surface area contributed by atoms with E-state index < -0.39 is 9.84 Å². The summed E-state index contributed by atoms with van der Waals surface area (Å²) in [5.74, 6) is 0.367. The maximum Gasteiger partial charge on any atom is 0.260 e. The molecular formula is C23H22N2O4S2. The quantitative estimate of drug-likeness (QED) is 0.403. The van der Waals surface area contributed by atoms with Crippen LogP contribution in [0.1, 0.15) is 34.2 Å². The topological polar surface area (TPSA) is 80.5 Å². The van der Waals surface area contributed by atoms with Gasteiger partial charge in [-0.25, -0.2) is 13.4 Å². The molecule has 6 nitrogen and oxygen atoms in total. The molecule has 2 aromatic heterocycles. The number of furan rings is 1. The van der Waals surface area contributed by atoms with Gasteiger partial charge in [0.05, 0.1) is 33.7 Å². The van der Waals surface area contributed by atoms with Crippen LogP contribution < -0.4 is 4.90 Å². The molecule has 0 saturated heterocycles. The van der Waals surface area contributed by atoms with Gasteiger partial charge in [0.15, 0.2) is 15.0 Å². The van der Waals surface area contributed by atoms with Gasteiger partial charge in [-0.1, -0.05) is 24.3 Å². The van der Waals surface area contributed by atoms with Crippen LogP contribution in [0.25, 0.3) is 10.2 Å². The molecule has 2 aromatic carbocycles. The molecule has 2 heterocycles. The van der Waals surface area contributed by atoms with Crippen LogP contribution in [0.5, 0.6) is 0 Å². The first-order chi connectivity index (χ1) is 14.8. The zero-order valence-corrected chi connectivity index (χ0v) is 19.1. The van der Waals surface area contributed by atoms with Gasteiger partial charge in [0.25, 0.3) is 5.91 Å². The predicted octanol–water partition coefficient (Wildman–Crippen LogP) is 5.15. The van der Waals surface area contributed by atoms with E-state index in [-0.39, 0.29) is 23.1 Å². The van der Waals surface area contributed by atoms with E-state index in [1.165, 1.54) is 23.5 Å². The van der Waals surface area contributed by atoms with Crippen molar-refractivity contribution in [3.05, 3.63) is 77.2 Å². The molecule has 160 valence electrons. The van der Waals surface area contributed by atoms with Crippen molar-refractivity contribution in [3.63, 3.8) is 0 Å². The van der Waals surface area contributed by atoms with Crippen molar-refractivity contribution in [1.82, 2.24) is 4.98 Å². The lowest BCUT2D eigenvalue weighted by molar-refractivity contribution is 0.0983. The second-order valence-corrected chi connectivity index (χ2v) is 10.5. The Balaban J connectivity index is 1.75. The molecule has 0 unspecified atom stereocenters. The number of benzene rings is 2. The third-order valence-corrected chi connectivity index (χ3v) is 8.08. The minimum atomic E-state index is -3.33. The summed E-state index contributed by atoms with van der Waals surface area (Å²) < 4.78 is 30.7. The van der Waals surface area contributed by atoms with Crippen molar-refractivity contribution in [3.8, 4) is 0 Å². The summed E-state index contributed by atoms with van der Waals surface area (Å²) in [5, 5.41) is 0.565. The molecule has 0 aliphatic carbocycles. The van der Waals surface area contributed by atoms with E-state index in [2.05, 4.69) is 0 Å². The lowest BCUT2D eigenvalue weighted by Crippen LogP contribution is -2.30. The van der Waals surface area contributed by atoms with Crippen LogP contribution in [0.3, 0.4) is 0 Å². The minimum Gasteiger partial charge on any atom is -0.467 e. The summed E-state index contributed by atoms with van der Waals surface area (Å²) >= 11 is 1.44. The molecule has 0 spiro atoms. The monoisotopic (exact) mass is 454 g/mol. The number of amides is 1. The number of nitrogens with zero attached hydrogens (tertiary/aromatic N) is 2. The summed E-state index contributed by atoms with van der Waals surface area (Å²) in [6.45, 7) is 5.87. The second-order valence-electron chi connectivity index (χ2n) is 7.25. The zero-order valence-electron chi connectivity index (χ0n) is 17.5. The molecule has 1 amide bonds. The van der Waals surface area contributed by atoms with Gasteiger partial charge >= 0.3 is 0 Å². The Hall–Kier alpha value is -2.97. The minimum absolute atomic E-state index is 0.00931. The van der Waals surface area contributed by atoms with Crippen molar-refractivity contribution in [2.24, 2.45) is 0 Å². The van der Waals surface area contributed by atoms with E-state index in [0.717, 1.165) is 21.3 Å². The van der Waals surface area contributed by atoms with Crippen LogP contribution in [-0.4, -0.2) is 25.1 Å². The fraction of sp³-hybridized carbons (Fsp3) is 0.217. The number of aryl methyl sites for hydroxylation is 2. The number of carbonyl (C=O) groups is 1. The molecule has 4 aromatic rings. The number of hydrogen-bond acceptors (Lipinski definition) is 6. The Morgan fingerprint density at radius 3 is 2.48 bits per heavy atom. The number of fused-ring (bicyclic) bond motifs is 1. The highest BCUT2D eigenvalue weighted by Crippen LogP contribution is 2.33. The molecule has 0 radical (unpaired) electrons. The Morgan fingerprint density at radius 1 is 1.10 bits per heavy atom. The Labute approximate surface area is 185 Å². The van der Waals surface area contributed by atoms with Crippen molar-refractivity contribution >= 4 is 42.4 Å². The summed E-state index contributed by atoms with van der Waals surface area (Å²) in [4.78, 5) is 20.0. The highest BCUT2D eigenvalue weighted by atomic mass is 32.2. The van der Waals surface area contributed by atoms with E-state index in [1.807, 2.05) is 26.0 Å². The fourth-order valence-electron chi connectivity index (χ4n) is 3.24. The van der Waals surface area contributed by atoms with Crippen LogP contribution in [0.15, 0.2) is 64.1 Å². The molecule has 0 bridgehead atoms. The smallest absolute Gasteiger partial charge is 0.260 e. The third kappa shape index (κ3) is 4.13. The molecule has 8 heteroatoms. The average molecular weight is 455 g/mol. The Morgan fingerprint density at radius 2 is 1.84 bits per heavy atom. The molecule has 0 atom stereocenters. The number of anilines is 1. The molecule has 0 fully saturated rings. The van der Waals surface area contributed by atoms with Gasteiger partial charge in [0.1, 0.15) is 5.76 Å². The zero-order chi connectivity index (χ0) is 22.2. The Kier molecular flexibility index (Phi) is 5.68. The summed E-state index contributed by atoms with van der Waals surface area (Å²) in [5.41, 5.74) is 3.48. The van der Waals surface area contributed by atoms with Gasteiger partial charge in [0, 0.05) is 5.56 Å². The average Bonchev–Trinajstić information content (AvgIpc) is 3.44. The van der Waals surface area contributed by atoms with Gasteiger partial charge < -0.3 is 4.42 Å². The summed E-state index contributed by atoms with van der Waals surface area (Å²) in [7, 11) is -3.33. The second kappa shape index (κ2) is 8.28. The highest BCUT2D eigenvalue weighted by molar-refractivity contribution is 7.91. The van der Waals surface area contributed by atoms with E-state index in [9.17, 15) is 13.2 Å². The van der Waals surface area contributed by atoms with Crippen LogP contribution in [0.4, 0.5) is 5.13 Å². The fourth-order valence-corrected chi connectivity index (χ4v) is 5.15. The molecule has 0 aliphatic rings. The van der Waals surface area contributed by atoms with Gasteiger partial charge in [-0.3, -0.25) is 9.69 Å². The van der Waals surface area contributed by atoms with Crippen LogP contribution in [0.2, 0.25) is 0 Å². The lowest BCUT2D eigenvalue weighted by atomic mass is 10.1. The first kappa shape index (κ1) is 21.3. The van der Waals surface area contributed by atoms with Gasteiger partial charge in [0.2, 0.25) is 0 Å². The molecule has 0 saturated carbocycles. The third-order valence-electron chi connectivity index (χ3n) is 5.28. The van der Waals surface area contributed by atoms with Gasteiger partial charge in [-0.2, -0.15) is 0 Å². The lowest BCUT2D eigenvalue weighted by Gasteiger charge is -2.19. The number of rotatable bonds is 6. The van der Waals surface area contributed by atoms with E-state index >= 15 is 0 Å². The van der Waals surface area contributed by atoms with Crippen LogP contribution in [-0.2, 0) is 16.4 Å². The molecule has 4 rings (SSSR count). The van der Waals surface area contributed by atoms with Crippen molar-refractivity contribution in [1.29, 1.82) is 0 Å². The predicted molar refractivity (Wildman–Crippen MR) is 122 cm³/mol. The normalized spacial score (nSPS) is 11.7. The van der Waals surface area contributed by atoms with Crippen LogP contribution in [0, 0.1) is 13.8 Å². The largest absolute Gasteiger partial charge is 0.467 e. The number of aromatic nitrogens is 1. The van der Waals surface area contributed by atoms with Crippen LogP contribution >= 0.6 is 11.3 Å². The van der Waals surface area contributed by atoms with E-state index in [1.54, 1.807) is 42.4 Å². The first-order valence-electron chi connectivity index (χ1n) is 9.84. The first-order valence-corrected chi connectivity index (χ1v) is 12.3. The summed E-state index contributed by atoms with van der Waals surface area (Å²) in [6.07, 6.45) is 1.56. The molecular weight excluding hydrogens is 432 g/mol. The van der Waals surface area contributed by atoms with Gasteiger partial charge in [-0.05, 0) is 67.4 Å². The Bertz CT molecular complexity index is 1340. The SMILES string of the molecule is CCS(=O)(=O)c1ccc(C(=O)N(Cc2ccco2)c2nc3c(C)c(C)ccc3s2)cc1. The molecule has 31 heavy (non-hydrogen) atoms. The number of hydrogen-bond donors (Lipinski definition) is 0. The van der Waals surface area contributed by atoms with E-state index in [4.69, 9.17) is 9.40 Å². The van der Waals surface area contributed by atoms with E-state index in [0.29, 0.717) is 16.5 Å². The summed E-state index contributed by atoms with van der Waals surface area (Å²) in [6, 6.07) is 13.7. The van der Waals surface area contributed by atoms with Crippen molar-refractivity contribution in [2.75, 3.05) is 10.7 Å². The standard InChI is InChI=1S/C23H22N2O4S2/c1-4-31(27,28)19-10-8-17(9-11-19)22(26)25(14-18-6-5-13-29-18)23-24-21-16(3)15(2)7-12-20(21)30-23/h5-13H,4,14H2,1-3H3. The molecule has 0 aliphatic heterocycles. The molecule has 0 N–H and O–H groups in total. The number of carbonyl (C=O) groups excluding carboxylic acids is 1. The maximum atomic E-state index is 13.4. The maximum absolute atomic E-state index is 13.4. The number of thiazole rings is 1. The van der Waals surface area contributed by atoms with Gasteiger partial charge in [-0.15, -0.1) is 0 Å². The number of sulfone groups is 1. The highest BCUT2D eigenvalue weighted by Gasteiger charge is 2.24. The van der Waals surface area contributed by atoms with Crippen molar-refractivity contribution < 1.29 is 17.6 Å².